The molecule has 1 rings (SSSR count). The van der Waals surface area contributed by atoms with Crippen LogP contribution >= 0.6 is 0 Å². The van der Waals surface area contributed by atoms with Crippen molar-refractivity contribution in [2.45, 2.75) is 26.7 Å². The van der Waals surface area contributed by atoms with Gasteiger partial charge in [0.2, 0.25) is 0 Å². The van der Waals surface area contributed by atoms with Crippen LogP contribution in [0.15, 0.2) is 9.90 Å². The first-order valence-electron chi connectivity index (χ1n) is 4.48. The zero-order valence-electron chi connectivity index (χ0n) is 8.52. The second-order valence-electron chi connectivity index (χ2n) is 3.03. The molecule has 0 atom stereocenters. The fraction of sp³-hybridized carbons (Fsp3) is 0.625. The highest BCUT2D eigenvalue weighted by molar-refractivity contribution is 5.45. The fourth-order valence-electron chi connectivity index (χ4n) is 0.944. The molecule has 1 N–H and O–H groups in total. The van der Waals surface area contributed by atoms with Crippen molar-refractivity contribution in [1.82, 2.24) is 14.9 Å². The van der Waals surface area contributed by atoms with Crippen molar-refractivity contribution < 1.29 is 4.74 Å². The lowest BCUT2D eigenvalue weighted by molar-refractivity contribution is 0.340. The molecule has 1 aromatic rings. The Morgan fingerprint density at radius 2 is 2.43 bits per heavy atom. The van der Waals surface area contributed by atoms with E-state index in [4.69, 9.17) is 4.74 Å². The maximum atomic E-state index is 11.2. The minimum Gasteiger partial charge on any atom is -0.482 e. The predicted molar refractivity (Wildman–Crippen MR) is 52.5 cm³/mol. The third-order valence-corrected chi connectivity index (χ3v) is 1.60. The van der Waals surface area contributed by atoms with Gasteiger partial charge in [-0.3, -0.25) is 0 Å². The molecular formula is C8H14N4O2. The van der Waals surface area contributed by atoms with Crippen LogP contribution in [-0.2, 0) is 4.74 Å². The number of H-pyrrole nitrogens is 1. The highest BCUT2D eigenvalue weighted by Gasteiger charge is 2.10. The average molecular weight is 198 g/mol. The van der Waals surface area contributed by atoms with Crippen LogP contribution in [0.1, 0.15) is 32.5 Å². The average Bonchev–Trinajstić information content (AvgIpc) is 2.48. The maximum absolute atomic E-state index is 11.2. The summed E-state index contributed by atoms with van der Waals surface area (Å²) in [5.41, 5.74) is -0.357. The molecule has 0 aliphatic heterocycles. The van der Waals surface area contributed by atoms with E-state index in [1.807, 2.05) is 20.8 Å². The molecule has 0 saturated heterocycles. The van der Waals surface area contributed by atoms with Crippen LogP contribution in [0.5, 0.6) is 0 Å². The number of hydrogen-bond acceptors (Lipinski definition) is 4. The Bertz CT molecular complexity index is 364. The molecule has 14 heavy (non-hydrogen) atoms. The highest BCUT2D eigenvalue weighted by atomic mass is 16.5. The summed E-state index contributed by atoms with van der Waals surface area (Å²) in [5.74, 6) is 0.721. The quantitative estimate of drug-likeness (QED) is 0.566. The zero-order chi connectivity index (χ0) is 10.6. The lowest BCUT2D eigenvalue weighted by Gasteiger charge is -2.01. The van der Waals surface area contributed by atoms with E-state index in [1.165, 1.54) is 11.1 Å². The number of rotatable bonds is 4. The van der Waals surface area contributed by atoms with Crippen LogP contribution in [-0.4, -0.2) is 27.9 Å². The molecule has 0 saturated carbocycles. The smallest absolute Gasteiger partial charge is 0.364 e. The van der Waals surface area contributed by atoms with Crippen LogP contribution in [0.25, 0.3) is 0 Å². The number of nitrogens with one attached hydrogen (secondary N) is 1. The van der Waals surface area contributed by atoms with Crippen molar-refractivity contribution in [3.8, 4) is 0 Å². The van der Waals surface area contributed by atoms with E-state index in [9.17, 15) is 4.79 Å². The topological polar surface area (TPSA) is 72.3 Å². The molecule has 78 valence electrons. The van der Waals surface area contributed by atoms with Gasteiger partial charge in [0.05, 0.1) is 6.61 Å². The first-order chi connectivity index (χ1) is 6.66. The van der Waals surface area contributed by atoms with Gasteiger partial charge in [-0.1, -0.05) is 13.8 Å². The summed E-state index contributed by atoms with van der Waals surface area (Å²) < 4.78 is 6.10. The van der Waals surface area contributed by atoms with Crippen LogP contribution in [0.3, 0.4) is 0 Å². The van der Waals surface area contributed by atoms with Gasteiger partial charge in [0.25, 0.3) is 0 Å². The summed E-state index contributed by atoms with van der Waals surface area (Å²) in [6, 6.07) is 0. The highest BCUT2D eigenvalue weighted by Crippen LogP contribution is 2.07. The fourth-order valence-corrected chi connectivity index (χ4v) is 0.944. The summed E-state index contributed by atoms with van der Waals surface area (Å²) in [6.45, 7) is 6.23. The summed E-state index contributed by atoms with van der Waals surface area (Å²) in [7, 11) is 0. The molecule has 0 amide bonds. The Morgan fingerprint density at radius 1 is 1.71 bits per heavy atom. The van der Waals surface area contributed by atoms with Gasteiger partial charge in [-0.15, -0.1) is 5.10 Å². The standard InChI is InChI=1S/C8H14N4O2/c1-4-14-5-9-12-7(6(2)3)10-11-8(12)13/h5-6H,4H2,1-3H3,(H,11,13). The lowest BCUT2D eigenvalue weighted by Crippen LogP contribution is -2.15. The van der Waals surface area contributed by atoms with Crippen LogP contribution in [0.4, 0.5) is 0 Å². The Kier molecular flexibility index (Phi) is 3.44. The monoisotopic (exact) mass is 198 g/mol. The van der Waals surface area contributed by atoms with E-state index in [1.54, 1.807) is 0 Å². The van der Waals surface area contributed by atoms with Gasteiger partial charge in [-0.25, -0.2) is 9.89 Å². The van der Waals surface area contributed by atoms with E-state index in [-0.39, 0.29) is 11.6 Å². The van der Waals surface area contributed by atoms with Gasteiger partial charge < -0.3 is 4.74 Å². The molecule has 1 heterocycles. The van der Waals surface area contributed by atoms with E-state index in [0.29, 0.717) is 12.4 Å². The van der Waals surface area contributed by atoms with Crippen molar-refractivity contribution in [2.75, 3.05) is 6.61 Å². The third-order valence-electron chi connectivity index (χ3n) is 1.60. The van der Waals surface area contributed by atoms with Gasteiger partial charge >= 0.3 is 5.69 Å². The number of aromatic nitrogens is 3. The SMILES string of the molecule is CCOC=Nn1c(C(C)C)n[nH]c1=O. The minimum absolute atomic E-state index is 0.132. The van der Waals surface area contributed by atoms with Crippen molar-refractivity contribution in [1.29, 1.82) is 0 Å². The molecule has 6 nitrogen and oxygen atoms in total. The van der Waals surface area contributed by atoms with E-state index in [0.717, 1.165) is 0 Å². The normalized spacial score (nSPS) is 11.4. The largest absolute Gasteiger partial charge is 0.482 e. The Morgan fingerprint density at radius 3 is 3.00 bits per heavy atom. The number of ether oxygens (including phenoxy) is 1. The van der Waals surface area contributed by atoms with Gasteiger partial charge in [-0.05, 0) is 6.92 Å². The number of hydrogen-bond donors (Lipinski definition) is 1. The Labute approximate surface area is 81.6 Å². The molecule has 6 heteroatoms. The molecule has 0 spiro atoms. The lowest BCUT2D eigenvalue weighted by atomic mass is 10.2. The summed E-state index contributed by atoms with van der Waals surface area (Å²) >= 11 is 0. The maximum Gasteiger partial charge on any atom is 0.364 e. The summed E-state index contributed by atoms with van der Waals surface area (Å²) in [5, 5.41) is 10.0. The molecular weight excluding hydrogens is 184 g/mol. The first-order valence-corrected chi connectivity index (χ1v) is 4.48. The molecule has 0 aromatic carbocycles. The van der Waals surface area contributed by atoms with Crippen LogP contribution in [0.2, 0.25) is 0 Å². The Hall–Kier alpha value is -1.59. The van der Waals surface area contributed by atoms with Crippen molar-refractivity contribution in [2.24, 2.45) is 5.10 Å². The third kappa shape index (κ3) is 2.21. The molecule has 0 bridgehead atoms. The van der Waals surface area contributed by atoms with Crippen molar-refractivity contribution in [3.05, 3.63) is 16.3 Å². The van der Waals surface area contributed by atoms with E-state index >= 15 is 0 Å². The van der Waals surface area contributed by atoms with Gasteiger partial charge in [0, 0.05) is 5.92 Å². The number of aromatic amines is 1. The first kappa shape index (κ1) is 10.5. The summed E-state index contributed by atoms with van der Waals surface area (Å²) in [6.07, 6.45) is 1.24. The zero-order valence-corrected chi connectivity index (χ0v) is 8.52. The predicted octanol–water partition coefficient (Wildman–Crippen LogP) is 0.523. The Balaban J connectivity index is 2.94. The summed E-state index contributed by atoms with van der Waals surface area (Å²) in [4.78, 5) is 11.2. The van der Waals surface area contributed by atoms with Gasteiger partial charge in [-0.2, -0.15) is 9.77 Å². The molecule has 0 unspecified atom stereocenters. The second-order valence-corrected chi connectivity index (χ2v) is 3.03. The van der Waals surface area contributed by atoms with E-state index in [2.05, 4.69) is 15.3 Å². The molecule has 0 radical (unpaired) electrons. The molecule has 0 aliphatic rings. The van der Waals surface area contributed by atoms with Crippen LogP contribution < -0.4 is 5.69 Å². The molecule has 1 aromatic heterocycles. The second kappa shape index (κ2) is 4.59. The van der Waals surface area contributed by atoms with Crippen molar-refractivity contribution >= 4 is 6.40 Å². The van der Waals surface area contributed by atoms with Gasteiger partial charge in [0.1, 0.15) is 0 Å². The van der Waals surface area contributed by atoms with E-state index < -0.39 is 0 Å². The molecule has 0 aliphatic carbocycles. The van der Waals surface area contributed by atoms with Gasteiger partial charge in [0.15, 0.2) is 12.2 Å². The van der Waals surface area contributed by atoms with Crippen LogP contribution in [0, 0.1) is 0 Å². The number of nitrogens with zero attached hydrogens (tertiary/aromatic N) is 3. The van der Waals surface area contributed by atoms with Crippen molar-refractivity contribution in [3.63, 3.8) is 0 Å². The minimum atomic E-state index is -0.357. The molecule has 0 fully saturated rings.